The van der Waals surface area contributed by atoms with Gasteiger partial charge in [0.15, 0.2) is 0 Å². The van der Waals surface area contributed by atoms with E-state index in [1.54, 1.807) is 6.07 Å². The van der Waals surface area contributed by atoms with Gasteiger partial charge in [0.2, 0.25) is 5.91 Å². The van der Waals surface area contributed by atoms with Gasteiger partial charge in [-0.25, -0.2) is 0 Å². The Morgan fingerprint density at radius 1 is 1.50 bits per heavy atom. The number of hydrogen-bond acceptors (Lipinski definition) is 3. The van der Waals surface area contributed by atoms with Crippen molar-refractivity contribution in [1.29, 1.82) is 0 Å². The number of carbonyl (C=O) groups excluding carboxylic acids is 1. The summed E-state index contributed by atoms with van der Waals surface area (Å²) in [5.41, 5.74) is 8.58. The van der Waals surface area contributed by atoms with Crippen molar-refractivity contribution in [1.82, 2.24) is 0 Å². The Kier molecular flexibility index (Phi) is 3.90. The lowest BCUT2D eigenvalue weighted by Gasteiger charge is -2.17. The van der Waals surface area contributed by atoms with E-state index >= 15 is 0 Å². The van der Waals surface area contributed by atoms with Crippen LogP contribution in [0.5, 0.6) is 0 Å². The molecule has 0 aliphatic carbocycles. The summed E-state index contributed by atoms with van der Waals surface area (Å²) in [7, 11) is 0. The highest BCUT2D eigenvalue weighted by Crippen LogP contribution is 2.32. The second kappa shape index (κ2) is 4.99. The summed E-state index contributed by atoms with van der Waals surface area (Å²) in [5, 5.41) is 11.8. The van der Waals surface area contributed by atoms with Gasteiger partial charge < -0.3 is 16.2 Å². The Labute approximate surface area is 95.5 Å². The van der Waals surface area contributed by atoms with Crippen molar-refractivity contribution in [2.75, 3.05) is 11.1 Å². The van der Waals surface area contributed by atoms with Crippen LogP contribution in [0.2, 0.25) is 0 Å². The summed E-state index contributed by atoms with van der Waals surface area (Å²) in [6.07, 6.45) is 0. The molecule has 0 bridgehead atoms. The maximum Gasteiger partial charge on any atom is 0.221 e. The average molecular weight is 222 g/mol. The number of aliphatic hydroxyl groups excluding tert-OH is 1. The van der Waals surface area contributed by atoms with Gasteiger partial charge in [-0.1, -0.05) is 26.0 Å². The van der Waals surface area contributed by atoms with Crippen LogP contribution in [0.4, 0.5) is 11.4 Å². The van der Waals surface area contributed by atoms with E-state index in [0.717, 1.165) is 5.56 Å². The topological polar surface area (TPSA) is 75.3 Å². The molecule has 0 spiro atoms. The van der Waals surface area contributed by atoms with Gasteiger partial charge in [-0.3, -0.25) is 4.79 Å². The quantitative estimate of drug-likeness (QED) is 0.683. The Morgan fingerprint density at radius 3 is 2.56 bits per heavy atom. The lowest BCUT2D eigenvalue weighted by molar-refractivity contribution is -0.114. The average Bonchev–Trinajstić information content (AvgIpc) is 2.19. The first-order valence-electron chi connectivity index (χ1n) is 5.27. The third kappa shape index (κ3) is 2.52. The molecule has 0 fully saturated rings. The molecule has 0 aliphatic rings. The minimum atomic E-state index is -0.163. The van der Waals surface area contributed by atoms with Crippen LogP contribution in [-0.2, 0) is 11.4 Å². The highest BCUT2D eigenvalue weighted by Gasteiger charge is 2.13. The van der Waals surface area contributed by atoms with Crippen LogP contribution >= 0.6 is 0 Å². The van der Waals surface area contributed by atoms with E-state index < -0.39 is 0 Å². The summed E-state index contributed by atoms with van der Waals surface area (Å²) in [6, 6.07) is 3.67. The molecule has 0 atom stereocenters. The van der Waals surface area contributed by atoms with Crippen LogP contribution in [0.1, 0.15) is 37.8 Å². The van der Waals surface area contributed by atoms with Gasteiger partial charge in [0.1, 0.15) is 0 Å². The number of aliphatic hydroxyl groups is 1. The summed E-state index contributed by atoms with van der Waals surface area (Å²) < 4.78 is 0. The molecule has 16 heavy (non-hydrogen) atoms. The number of carbonyl (C=O) groups is 1. The summed E-state index contributed by atoms with van der Waals surface area (Å²) in [6.45, 7) is 5.36. The smallest absolute Gasteiger partial charge is 0.221 e. The van der Waals surface area contributed by atoms with E-state index in [9.17, 15) is 4.79 Å². The number of amides is 1. The first kappa shape index (κ1) is 12.5. The molecular weight excluding hydrogens is 204 g/mol. The number of benzene rings is 1. The molecule has 0 aromatic heterocycles. The third-order valence-electron chi connectivity index (χ3n) is 2.46. The molecule has 88 valence electrons. The fourth-order valence-corrected chi connectivity index (χ4v) is 1.61. The second-order valence-corrected chi connectivity index (χ2v) is 4.10. The van der Waals surface area contributed by atoms with Gasteiger partial charge >= 0.3 is 0 Å². The summed E-state index contributed by atoms with van der Waals surface area (Å²) in [4.78, 5) is 11.1. The van der Waals surface area contributed by atoms with Crippen molar-refractivity contribution >= 4 is 17.3 Å². The van der Waals surface area contributed by atoms with Gasteiger partial charge in [0, 0.05) is 12.5 Å². The Morgan fingerprint density at radius 2 is 2.12 bits per heavy atom. The standard InChI is InChI=1S/C12H18N2O2/c1-7(2)10-5-4-9(6-15)11(13)12(10)14-8(3)16/h4-5,7,15H,6,13H2,1-3H3,(H,14,16). The predicted molar refractivity (Wildman–Crippen MR) is 65.2 cm³/mol. The molecule has 1 aromatic carbocycles. The number of nitrogen functional groups attached to an aromatic ring is 1. The number of hydrogen-bond donors (Lipinski definition) is 3. The summed E-state index contributed by atoms with van der Waals surface area (Å²) >= 11 is 0. The number of rotatable bonds is 3. The van der Waals surface area contributed by atoms with E-state index in [2.05, 4.69) is 5.32 Å². The maximum absolute atomic E-state index is 11.1. The molecule has 1 aromatic rings. The molecule has 0 saturated heterocycles. The van der Waals surface area contributed by atoms with Crippen LogP contribution in [0.3, 0.4) is 0 Å². The fourth-order valence-electron chi connectivity index (χ4n) is 1.61. The second-order valence-electron chi connectivity index (χ2n) is 4.10. The van der Waals surface area contributed by atoms with E-state index in [1.165, 1.54) is 6.92 Å². The minimum absolute atomic E-state index is 0.128. The van der Waals surface area contributed by atoms with Gasteiger partial charge in [-0.15, -0.1) is 0 Å². The Balaban J connectivity index is 3.30. The molecule has 0 unspecified atom stereocenters. The zero-order valence-electron chi connectivity index (χ0n) is 9.87. The SMILES string of the molecule is CC(=O)Nc1c(C(C)C)ccc(CO)c1N. The van der Waals surface area contributed by atoms with Crippen LogP contribution in [0.25, 0.3) is 0 Å². The fraction of sp³-hybridized carbons (Fsp3) is 0.417. The third-order valence-corrected chi connectivity index (χ3v) is 2.46. The summed E-state index contributed by atoms with van der Waals surface area (Å²) in [5.74, 6) is 0.0978. The highest BCUT2D eigenvalue weighted by molar-refractivity contribution is 5.94. The Bertz CT molecular complexity index is 400. The zero-order chi connectivity index (χ0) is 12.3. The van der Waals surface area contributed by atoms with Crippen molar-refractivity contribution < 1.29 is 9.90 Å². The van der Waals surface area contributed by atoms with E-state index in [-0.39, 0.29) is 18.4 Å². The first-order chi connectivity index (χ1) is 7.47. The largest absolute Gasteiger partial charge is 0.397 e. The molecule has 0 saturated carbocycles. The molecule has 1 amide bonds. The van der Waals surface area contributed by atoms with Crippen LogP contribution in [-0.4, -0.2) is 11.0 Å². The molecule has 4 heteroatoms. The first-order valence-corrected chi connectivity index (χ1v) is 5.27. The highest BCUT2D eigenvalue weighted by atomic mass is 16.3. The predicted octanol–water partition coefficient (Wildman–Crippen LogP) is 1.84. The van der Waals surface area contributed by atoms with Gasteiger partial charge in [-0.2, -0.15) is 0 Å². The van der Waals surface area contributed by atoms with E-state index in [4.69, 9.17) is 10.8 Å². The normalized spacial score (nSPS) is 10.6. The molecule has 1 rings (SSSR count). The van der Waals surface area contributed by atoms with Crippen molar-refractivity contribution in [3.8, 4) is 0 Å². The monoisotopic (exact) mass is 222 g/mol. The molecule has 0 heterocycles. The minimum Gasteiger partial charge on any atom is -0.397 e. The van der Waals surface area contributed by atoms with Crippen molar-refractivity contribution in [2.24, 2.45) is 0 Å². The zero-order valence-corrected chi connectivity index (χ0v) is 9.87. The molecule has 0 aliphatic heterocycles. The van der Waals surface area contributed by atoms with Gasteiger partial charge in [0.25, 0.3) is 0 Å². The number of nitrogens with two attached hydrogens (primary N) is 1. The van der Waals surface area contributed by atoms with Crippen LogP contribution in [0, 0.1) is 0 Å². The molecule has 4 nitrogen and oxygen atoms in total. The maximum atomic E-state index is 11.1. The van der Waals surface area contributed by atoms with E-state index in [0.29, 0.717) is 16.9 Å². The lowest BCUT2D eigenvalue weighted by Crippen LogP contribution is -2.12. The van der Waals surface area contributed by atoms with Crippen LogP contribution < -0.4 is 11.1 Å². The lowest BCUT2D eigenvalue weighted by atomic mass is 9.97. The van der Waals surface area contributed by atoms with E-state index in [1.807, 2.05) is 19.9 Å². The van der Waals surface area contributed by atoms with Gasteiger partial charge in [-0.05, 0) is 11.5 Å². The van der Waals surface area contributed by atoms with Crippen molar-refractivity contribution in [3.63, 3.8) is 0 Å². The van der Waals surface area contributed by atoms with Crippen LogP contribution in [0.15, 0.2) is 12.1 Å². The Hall–Kier alpha value is -1.55. The molecule has 4 N–H and O–H groups in total. The van der Waals surface area contributed by atoms with Crippen molar-refractivity contribution in [2.45, 2.75) is 33.3 Å². The molecular formula is C12H18N2O2. The molecule has 0 radical (unpaired) electrons. The van der Waals surface area contributed by atoms with Crippen molar-refractivity contribution in [3.05, 3.63) is 23.3 Å². The van der Waals surface area contributed by atoms with Gasteiger partial charge in [0.05, 0.1) is 18.0 Å². The number of anilines is 2. The number of nitrogens with one attached hydrogen (secondary N) is 1.